The van der Waals surface area contributed by atoms with Crippen LogP contribution >= 0.6 is 0 Å². The van der Waals surface area contributed by atoms with Crippen molar-refractivity contribution >= 4 is 11.6 Å². The molecular weight excluding hydrogens is 178 g/mol. The molecule has 76 valence electrons. The molecule has 0 bridgehead atoms. The quantitative estimate of drug-likeness (QED) is 0.709. The lowest BCUT2D eigenvalue weighted by Crippen LogP contribution is -2.08. The van der Waals surface area contributed by atoms with Crippen molar-refractivity contribution in [2.45, 2.75) is 26.7 Å². The number of rotatable bonds is 2. The maximum atomic E-state index is 10.9. The monoisotopic (exact) mass is 193 g/mol. The summed E-state index contributed by atoms with van der Waals surface area (Å²) in [4.78, 5) is 10.9. The Labute approximate surface area is 83.8 Å². The molecule has 0 saturated carbocycles. The van der Waals surface area contributed by atoms with Crippen molar-refractivity contribution in [3.05, 3.63) is 23.8 Å². The molecule has 0 aliphatic rings. The Morgan fingerprint density at radius 3 is 2.57 bits per heavy atom. The Hall–Kier alpha value is -1.51. The van der Waals surface area contributed by atoms with Gasteiger partial charge < -0.3 is 10.4 Å². The summed E-state index contributed by atoms with van der Waals surface area (Å²) < 4.78 is 0. The maximum Gasteiger partial charge on any atom is 0.221 e. The first-order valence-electron chi connectivity index (χ1n) is 4.61. The molecule has 0 saturated heterocycles. The summed E-state index contributed by atoms with van der Waals surface area (Å²) in [6, 6.07) is 4.96. The lowest BCUT2D eigenvalue weighted by molar-refractivity contribution is -0.114. The highest BCUT2D eigenvalue weighted by atomic mass is 16.3. The number of carbonyl (C=O) groups excluding carboxylic acids is 1. The highest BCUT2D eigenvalue weighted by Gasteiger charge is 2.08. The number of phenols is 1. The zero-order chi connectivity index (χ0) is 10.7. The van der Waals surface area contributed by atoms with Crippen molar-refractivity contribution in [1.29, 1.82) is 0 Å². The van der Waals surface area contributed by atoms with Gasteiger partial charge in [0.25, 0.3) is 0 Å². The molecule has 1 aromatic carbocycles. The average molecular weight is 193 g/mol. The van der Waals surface area contributed by atoms with Crippen LogP contribution in [0.4, 0.5) is 5.69 Å². The van der Waals surface area contributed by atoms with E-state index < -0.39 is 0 Å². The van der Waals surface area contributed by atoms with E-state index >= 15 is 0 Å². The summed E-state index contributed by atoms with van der Waals surface area (Å²) in [5.74, 6) is 0.393. The Morgan fingerprint density at radius 1 is 1.43 bits per heavy atom. The van der Waals surface area contributed by atoms with Crippen molar-refractivity contribution in [3.63, 3.8) is 0 Å². The van der Waals surface area contributed by atoms with Gasteiger partial charge in [0.1, 0.15) is 5.75 Å². The number of anilines is 1. The third-order valence-electron chi connectivity index (χ3n) is 1.97. The Morgan fingerprint density at radius 2 is 2.07 bits per heavy atom. The summed E-state index contributed by atoms with van der Waals surface area (Å²) in [7, 11) is 0. The van der Waals surface area contributed by atoms with Crippen LogP contribution in [0, 0.1) is 0 Å². The van der Waals surface area contributed by atoms with E-state index in [1.54, 1.807) is 18.2 Å². The Kier molecular flexibility index (Phi) is 3.12. The van der Waals surface area contributed by atoms with Gasteiger partial charge >= 0.3 is 0 Å². The van der Waals surface area contributed by atoms with E-state index in [0.29, 0.717) is 0 Å². The first-order valence-corrected chi connectivity index (χ1v) is 4.61. The fourth-order valence-electron chi connectivity index (χ4n) is 1.33. The first-order chi connectivity index (χ1) is 6.50. The molecule has 1 aromatic rings. The van der Waals surface area contributed by atoms with Gasteiger partial charge in [0.2, 0.25) is 5.91 Å². The van der Waals surface area contributed by atoms with Gasteiger partial charge in [-0.25, -0.2) is 0 Å². The van der Waals surface area contributed by atoms with Crippen LogP contribution in [0.5, 0.6) is 5.75 Å². The fraction of sp³-hybridized carbons (Fsp3) is 0.364. The van der Waals surface area contributed by atoms with Gasteiger partial charge in [0.15, 0.2) is 0 Å². The number of hydrogen-bond donors (Lipinski definition) is 2. The summed E-state index contributed by atoms with van der Waals surface area (Å²) in [6.07, 6.45) is 0. The van der Waals surface area contributed by atoms with E-state index in [9.17, 15) is 9.90 Å². The SMILES string of the molecule is CC(=O)Nc1ccc(O)cc1C(C)C. The second kappa shape index (κ2) is 4.13. The lowest BCUT2D eigenvalue weighted by atomic mass is 10.0. The molecule has 0 aliphatic carbocycles. The third kappa shape index (κ3) is 2.49. The topological polar surface area (TPSA) is 49.3 Å². The second-order valence-corrected chi connectivity index (χ2v) is 3.61. The number of nitrogens with one attached hydrogen (secondary N) is 1. The van der Waals surface area contributed by atoms with E-state index in [1.807, 2.05) is 13.8 Å². The van der Waals surface area contributed by atoms with Crippen LogP contribution in [0.15, 0.2) is 18.2 Å². The molecule has 3 nitrogen and oxygen atoms in total. The van der Waals surface area contributed by atoms with E-state index in [0.717, 1.165) is 11.3 Å². The molecule has 1 rings (SSSR count). The largest absolute Gasteiger partial charge is 0.508 e. The van der Waals surface area contributed by atoms with Gasteiger partial charge in [-0.15, -0.1) is 0 Å². The standard InChI is InChI=1S/C11H15NO2/c1-7(2)10-6-9(14)4-5-11(10)12-8(3)13/h4-7,14H,1-3H3,(H,12,13). The van der Waals surface area contributed by atoms with Gasteiger partial charge in [0.05, 0.1) is 0 Å². The lowest BCUT2D eigenvalue weighted by Gasteiger charge is -2.13. The van der Waals surface area contributed by atoms with Crippen LogP contribution in [-0.2, 0) is 4.79 Å². The molecule has 0 aliphatic heterocycles. The molecule has 0 spiro atoms. The van der Waals surface area contributed by atoms with E-state index in [1.165, 1.54) is 6.92 Å². The number of aromatic hydroxyl groups is 1. The van der Waals surface area contributed by atoms with Gasteiger partial charge in [-0.3, -0.25) is 4.79 Å². The summed E-state index contributed by atoms with van der Waals surface area (Å²) in [5, 5.41) is 12.0. The second-order valence-electron chi connectivity index (χ2n) is 3.61. The van der Waals surface area contributed by atoms with Gasteiger partial charge in [-0.2, -0.15) is 0 Å². The van der Waals surface area contributed by atoms with Crippen LogP contribution in [0.2, 0.25) is 0 Å². The van der Waals surface area contributed by atoms with Crippen LogP contribution in [0.25, 0.3) is 0 Å². The molecule has 0 unspecified atom stereocenters. The van der Waals surface area contributed by atoms with E-state index in [2.05, 4.69) is 5.32 Å². The summed E-state index contributed by atoms with van der Waals surface area (Å²) in [6.45, 7) is 5.50. The third-order valence-corrected chi connectivity index (χ3v) is 1.97. The molecule has 3 heteroatoms. The normalized spacial score (nSPS) is 10.3. The zero-order valence-electron chi connectivity index (χ0n) is 8.66. The van der Waals surface area contributed by atoms with Crippen molar-refractivity contribution < 1.29 is 9.90 Å². The minimum atomic E-state index is -0.0995. The minimum absolute atomic E-state index is 0.0995. The predicted octanol–water partition coefficient (Wildman–Crippen LogP) is 2.47. The van der Waals surface area contributed by atoms with Gasteiger partial charge in [0, 0.05) is 12.6 Å². The van der Waals surface area contributed by atoms with Crippen molar-refractivity contribution in [1.82, 2.24) is 0 Å². The smallest absolute Gasteiger partial charge is 0.221 e. The van der Waals surface area contributed by atoms with Crippen LogP contribution < -0.4 is 5.32 Å². The highest BCUT2D eigenvalue weighted by Crippen LogP contribution is 2.27. The number of hydrogen-bond acceptors (Lipinski definition) is 2. The number of carbonyl (C=O) groups is 1. The van der Waals surface area contributed by atoms with Crippen LogP contribution in [0.3, 0.4) is 0 Å². The van der Waals surface area contributed by atoms with Crippen molar-refractivity contribution in [3.8, 4) is 5.75 Å². The summed E-state index contributed by atoms with van der Waals surface area (Å²) >= 11 is 0. The molecule has 0 radical (unpaired) electrons. The van der Waals surface area contributed by atoms with Crippen molar-refractivity contribution in [2.75, 3.05) is 5.32 Å². The molecule has 0 atom stereocenters. The Bertz CT molecular complexity index is 345. The fourth-order valence-corrected chi connectivity index (χ4v) is 1.33. The van der Waals surface area contributed by atoms with E-state index in [4.69, 9.17) is 0 Å². The zero-order valence-corrected chi connectivity index (χ0v) is 8.66. The Balaban J connectivity index is 3.08. The first kappa shape index (κ1) is 10.6. The van der Waals surface area contributed by atoms with Crippen molar-refractivity contribution in [2.24, 2.45) is 0 Å². The number of phenolic OH excluding ortho intramolecular Hbond substituents is 1. The molecule has 2 N–H and O–H groups in total. The van der Waals surface area contributed by atoms with Crippen LogP contribution in [0.1, 0.15) is 32.3 Å². The molecule has 0 aromatic heterocycles. The molecule has 0 fully saturated rings. The molecule has 1 amide bonds. The predicted molar refractivity (Wildman–Crippen MR) is 56.5 cm³/mol. The summed E-state index contributed by atoms with van der Waals surface area (Å²) in [5.41, 5.74) is 1.71. The van der Waals surface area contributed by atoms with E-state index in [-0.39, 0.29) is 17.6 Å². The molecular formula is C11H15NO2. The highest BCUT2D eigenvalue weighted by molar-refractivity contribution is 5.89. The minimum Gasteiger partial charge on any atom is -0.508 e. The average Bonchev–Trinajstić information content (AvgIpc) is 2.07. The van der Waals surface area contributed by atoms with Crippen LogP contribution in [-0.4, -0.2) is 11.0 Å². The van der Waals surface area contributed by atoms with Gasteiger partial charge in [-0.05, 0) is 29.7 Å². The maximum absolute atomic E-state index is 10.9. The number of benzene rings is 1. The van der Waals surface area contributed by atoms with Gasteiger partial charge in [-0.1, -0.05) is 13.8 Å². The molecule has 0 heterocycles. The molecule has 14 heavy (non-hydrogen) atoms. The number of amides is 1.